The molecule has 0 aromatic rings. The zero-order valence-electron chi connectivity index (χ0n) is 5.80. The average molecular weight is 138 g/mol. The molecule has 2 saturated carbocycles. The second kappa shape index (κ2) is 1.68. The number of rotatable bonds is 1. The van der Waals surface area contributed by atoms with Gasteiger partial charge in [0.15, 0.2) is 0 Å². The Balaban J connectivity index is 1.99. The van der Waals surface area contributed by atoms with Crippen LogP contribution in [0.1, 0.15) is 25.7 Å². The van der Waals surface area contributed by atoms with Crippen LogP contribution in [0.3, 0.4) is 0 Å². The Hall–Kier alpha value is -0.660. The van der Waals surface area contributed by atoms with Crippen molar-refractivity contribution in [1.82, 2.24) is 0 Å². The summed E-state index contributed by atoms with van der Waals surface area (Å²) in [5.41, 5.74) is 0.00553. The Kier molecular flexibility index (Phi) is 1.02. The van der Waals surface area contributed by atoms with Gasteiger partial charge in [-0.25, -0.2) is 0 Å². The molecule has 0 atom stereocenters. The van der Waals surface area contributed by atoms with Crippen LogP contribution in [0.2, 0.25) is 0 Å². The zero-order chi connectivity index (χ0) is 7.19. The summed E-state index contributed by atoms with van der Waals surface area (Å²) in [5, 5.41) is 0. The maximum absolute atomic E-state index is 11.0. The van der Waals surface area contributed by atoms with Gasteiger partial charge in [0, 0.05) is 17.8 Å². The fourth-order valence-electron chi connectivity index (χ4n) is 2.05. The van der Waals surface area contributed by atoms with Crippen LogP contribution in [0, 0.1) is 11.3 Å². The molecule has 0 heterocycles. The third-order valence-electron chi connectivity index (χ3n) is 2.92. The largest absolute Gasteiger partial charge is 0.303 e. The highest BCUT2D eigenvalue weighted by Gasteiger charge is 2.54. The highest BCUT2D eigenvalue weighted by Crippen LogP contribution is 2.55. The van der Waals surface area contributed by atoms with Crippen LogP contribution in [-0.2, 0) is 9.59 Å². The summed E-state index contributed by atoms with van der Waals surface area (Å²) in [6.45, 7) is 0. The number of Topliss-reactive ketones (excluding diaryl/α,β-unsaturated/α-hetero) is 1. The summed E-state index contributed by atoms with van der Waals surface area (Å²) < 4.78 is 0. The maximum Gasteiger partial charge on any atom is 0.139 e. The van der Waals surface area contributed by atoms with Gasteiger partial charge >= 0.3 is 0 Å². The molecule has 0 aromatic carbocycles. The normalized spacial score (nSPS) is 44.4. The minimum atomic E-state index is 0.00553. The van der Waals surface area contributed by atoms with E-state index < -0.39 is 0 Å². The van der Waals surface area contributed by atoms with Crippen LogP contribution in [0.15, 0.2) is 0 Å². The predicted octanol–water partition coefficient (Wildman–Crippen LogP) is 0.945. The smallest absolute Gasteiger partial charge is 0.139 e. The lowest BCUT2D eigenvalue weighted by molar-refractivity contribution is -0.151. The van der Waals surface area contributed by atoms with Crippen molar-refractivity contribution in [2.45, 2.75) is 25.7 Å². The van der Waals surface area contributed by atoms with Crippen molar-refractivity contribution < 1.29 is 9.59 Å². The molecule has 0 aromatic heterocycles. The van der Waals surface area contributed by atoms with Crippen molar-refractivity contribution in [2.75, 3.05) is 0 Å². The van der Waals surface area contributed by atoms with Crippen LogP contribution in [0.4, 0.5) is 0 Å². The number of ketones is 1. The summed E-state index contributed by atoms with van der Waals surface area (Å²) in [6.07, 6.45) is 4.46. The van der Waals surface area contributed by atoms with E-state index in [-0.39, 0.29) is 11.3 Å². The average Bonchev–Trinajstić information content (AvgIpc) is 1.83. The molecule has 2 aliphatic rings. The lowest BCUT2D eigenvalue weighted by atomic mass is 9.51. The van der Waals surface area contributed by atoms with Crippen LogP contribution in [0.25, 0.3) is 0 Å². The van der Waals surface area contributed by atoms with E-state index in [1.54, 1.807) is 0 Å². The van der Waals surface area contributed by atoms with E-state index in [1.807, 2.05) is 0 Å². The lowest BCUT2D eigenvalue weighted by Crippen LogP contribution is -2.51. The minimum Gasteiger partial charge on any atom is -0.303 e. The summed E-state index contributed by atoms with van der Waals surface area (Å²) in [6, 6.07) is 0. The second-order valence-electron chi connectivity index (χ2n) is 3.51. The third kappa shape index (κ3) is 0.542. The number of hydrogen-bond donors (Lipinski definition) is 0. The Morgan fingerprint density at radius 2 is 2.20 bits per heavy atom. The van der Waals surface area contributed by atoms with Crippen molar-refractivity contribution in [3.63, 3.8) is 0 Å². The molecule has 0 radical (unpaired) electrons. The third-order valence-corrected chi connectivity index (χ3v) is 2.92. The predicted molar refractivity (Wildman–Crippen MR) is 35.5 cm³/mol. The molecule has 0 aliphatic heterocycles. The molecule has 2 nitrogen and oxygen atoms in total. The zero-order valence-corrected chi connectivity index (χ0v) is 5.80. The summed E-state index contributed by atoms with van der Waals surface area (Å²) in [5.74, 6) is 0.592. The molecule has 2 fully saturated rings. The first-order valence-electron chi connectivity index (χ1n) is 3.75. The van der Waals surface area contributed by atoms with Gasteiger partial charge in [0.05, 0.1) is 0 Å². The first-order chi connectivity index (χ1) is 4.77. The molecule has 0 saturated heterocycles. The fourth-order valence-corrected chi connectivity index (χ4v) is 2.05. The fraction of sp³-hybridized carbons (Fsp3) is 0.750. The van der Waals surface area contributed by atoms with Gasteiger partial charge < -0.3 is 4.79 Å². The van der Waals surface area contributed by atoms with Crippen molar-refractivity contribution in [3.05, 3.63) is 0 Å². The summed E-state index contributed by atoms with van der Waals surface area (Å²) in [7, 11) is 0. The Morgan fingerprint density at radius 1 is 1.50 bits per heavy atom. The first-order valence-corrected chi connectivity index (χ1v) is 3.75. The molecule has 0 unspecified atom stereocenters. The maximum atomic E-state index is 11.0. The molecule has 1 spiro atoms. The minimum absolute atomic E-state index is 0.00553. The van der Waals surface area contributed by atoms with Gasteiger partial charge in [-0.15, -0.1) is 0 Å². The number of carbonyl (C=O) groups excluding carboxylic acids is 2. The molecule has 54 valence electrons. The monoisotopic (exact) mass is 138 g/mol. The van der Waals surface area contributed by atoms with Crippen molar-refractivity contribution in [1.29, 1.82) is 0 Å². The Bertz CT molecular complexity index is 189. The van der Waals surface area contributed by atoms with Gasteiger partial charge in [-0.1, -0.05) is 0 Å². The Morgan fingerprint density at radius 3 is 2.50 bits per heavy atom. The lowest BCUT2D eigenvalue weighted by Gasteiger charge is -2.50. The second-order valence-corrected chi connectivity index (χ2v) is 3.51. The highest BCUT2D eigenvalue weighted by atomic mass is 16.1. The number of aldehydes is 1. The quantitative estimate of drug-likeness (QED) is 0.505. The van der Waals surface area contributed by atoms with E-state index in [4.69, 9.17) is 0 Å². The van der Waals surface area contributed by atoms with E-state index in [2.05, 4.69) is 0 Å². The van der Waals surface area contributed by atoms with Gasteiger partial charge in [-0.3, -0.25) is 4.79 Å². The van der Waals surface area contributed by atoms with Crippen LogP contribution in [0.5, 0.6) is 0 Å². The molecule has 0 amide bonds. The van der Waals surface area contributed by atoms with Crippen molar-refractivity contribution in [3.8, 4) is 0 Å². The van der Waals surface area contributed by atoms with E-state index in [1.165, 1.54) is 0 Å². The topological polar surface area (TPSA) is 34.1 Å². The number of carbonyl (C=O) groups is 2. The van der Waals surface area contributed by atoms with Gasteiger partial charge in [0.1, 0.15) is 12.1 Å². The molecule has 2 aliphatic carbocycles. The molecular weight excluding hydrogens is 128 g/mol. The van der Waals surface area contributed by atoms with Gasteiger partial charge in [0.25, 0.3) is 0 Å². The molecule has 10 heavy (non-hydrogen) atoms. The SMILES string of the molecule is O=CC1CC2(CCC2=O)C1. The van der Waals surface area contributed by atoms with Crippen molar-refractivity contribution >= 4 is 12.1 Å². The van der Waals surface area contributed by atoms with E-state index in [9.17, 15) is 9.59 Å². The molecule has 0 bridgehead atoms. The highest BCUT2D eigenvalue weighted by molar-refractivity contribution is 5.92. The van der Waals surface area contributed by atoms with E-state index in [0.717, 1.165) is 32.0 Å². The van der Waals surface area contributed by atoms with E-state index >= 15 is 0 Å². The van der Waals surface area contributed by atoms with Crippen LogP contribution < -0.4 is 0 Å². The standard InChI is InChI=1S/C8H10O2/c9-5-6-3-8(4-6)2-1-7(8)10/h5-6H,1-4H2. The van der Waals surface area contributed by atoms with Crippen LogP contribution >= 0.6 is 0 Å². The molecule has 0 N–H and O–H groups in total. The molecule has 2 heteroatoms. The summed E-state index contributed by atoms with van der Waals surface area (Å²) in [4.78, 5) is 21.2. The van der Waals surface area contributed by atoms with Crippen LogP contribution in [-0.4, -0.2) is 12.1 Å². The molecule has 2 rings (SSSR count). The van der Waals surface area contributed by atoms with Gasteiger partial charge in [-0.2, -0.15) is 0 Å². The first kappa shape index (κ1) is 6.08. The Labute approximate surface area is 59.6 Å². The van der Waals surface area contributed by atoms with Gasteiger partial charge in [0.2, 0.25) is 0 Å². The van der Waals surface area contributed by atoms with Gasteiger partial charge in [-0.05, 0) is 19.3 Å². The van der Waals surface area contributed by atoms with Crippen molar-refractivity contribution in [2.24, 2.45) is 11.3 Å². The summed E-state index contributed by atoms with van der Waals surface area (Å²) >= 11 is 0. The number of hydrogen-bond acceptors (Lipinski definition) is 2. The van der Waals surface area contributed by atoms with E-state index in [0.29, 0.717) is 5.78 Å². The molecular formula is C8H10O2.